The van der Waals surface area contributed by atoms with Crippen molar-refractivity contribution < 1.29 is 4.79 Å². The molecule has 0 saturated carbocycles. The van der Waals surface area contributed by atoms with E-state index in [2.05, 4.69) is 56.9 Å². The van der Waals surface area contributed by atoms with Crippen molar-refractivity contribution in [3.63, 3.8) is 0 Å². The van der Waals surface area contributed by atoms with Crippen LogP contribution in [-0.2, 0) is 4.79 Å². The summed E-state index contributed by atoms with van der Waals surface area (Å²) in [6.45, 7) is 0. The summed E-state index contributed by atoms with van der Waals surface area (Å²) in [5.41, 5.74) is 7.26. The van der Waals surface area contributed by atoms with Crippen LogP contribution in [0.2, 0.25) is 0 Å². The van der Waals surface area contributed by atoms with Gasteiger partial charge in [-0.2, -0.15) is 0 Å². The second-order valence-corrected chi connectivity index (χ2v) is 8.44. The highest BCUT2D eigenvalue weighted by Gasteiger charge is 2.36. The fourth-order valence-corrected chi connectivity index (χ4v) is 4.58. The van der Waals surface area contributed by atoms with Gasteiger partial charge in [0.1, 0.15) is 0 Å². The van der Waals surface area contributed by atoms with Gasteiger partial charge in [-0.25, -0.2) is 0 Å². The number of nitrogens with one attached hydrogen (secondary N) is 2. The molecule has 0 bridgehead atoms. The lowest BCUT2D eigenvalue weighted by Gasteiger charge is -2.30. The molecule has 0 spiro atoms. The van der Waals surface area contributed by atoms with Crippen LogP contribution in [0.15, 0.2) is 84.3 Å². The lowest BCUT2D eigenvalue weighted by molar-refractivity contribution is -0.116. The van der Waals surface area contributed by atoms with Gasteiger partial charge in [0, 0.05) is 49.9 Å². The van der Waals surface area contributed by atoms with Crippen LogP contribution in [-0.4, -0.2) is 24.9 Å². The van der Waals surface area contributed by atoms with Crippen LogP contribution in [0, 0.1) is 0 Å². The molecule has 1 aliphatic heterocycles. The van der Waals surface area contributed by atoms with E-state index in [1.54, 1.807) is 12.4 Å². The lowest BCUT2D eigenvalue weighted by Crippen LogP contribution is -2.26. The van der Waals surface area contributed by atoms with Crippen molar-refractivity contribution in [3.8, 4) is 0 Å². The topological polar surface area (TPSA) is 57.3 Å². The highest BCUT2D eigenvalue weighted by atomic mass is 16.1. The molecular weight excluding hydrogens is 384 g/mol. The van der Waals surface area contributed by atoms with Crippen LogP contribution in [0.3, 0.4) is 0 Å². The number of anilines is 3. The van der Waals surface area contributed by atoms with Crippen molar-refractivity contribution in [2.24, 2.45) is 0 Å². The minimum Gasteiger partial charge on any atom is -0.378 e. The number of allylic oxidation sites excluding steroid dienone is 1. The van der Waals surface area contributed by atoms with Gasteiger partial charge in [-0.1, -0.05) is 24.3 Å². The Bertz CT molecular complexity index is 1140. The zero-order valence-electron chi connectivity index (χ0n) is 17.8. The molecule has 0 amide bonds. The normalized spacial score (nSPS) is 20.1. The third-order valence-electron chi connectivity index (χ3n) is 6.23. The second kappa shape index (κ2) is 7.91. The second-order valence-electron chi connectivity index (χ2n) is 8.44. The maximum absolute atomic E-state index is 13.5. The molecular formula is C26H26N4O. The number of carbonyl (C=O) groups is 1. The molecule has 2 atom stereocenters. The predicted molar refractivity (Wildman–Crippen MR) is 125 cm³/mol. The average Bonchev–Trinajstić information content (AvgIpc) is 2.96. The van der Waals surface area contributed by atoms with Crippen LogP contribution in [0.25, 0.3) is 0 Å². The summed E-state index contributed by atoms with van der Waals surface area (Å²) in [6.07, 6.45) is 4.88. The van der Waals surface area contributed by atoms with Crippen molar-refractivity contribution in [1.82, 2.24) is 4.98 Å². The first-order valence-corrected chi connectivity index (χ1v) is 10.7. The highest BCUT2D eigenvalue weighted by molar-refractivity contribution is 6.01. The Hall–Kier alpha value is -3.60. The summed E-state index contributed by atoms with van der Waals surface area (Å²) in [6, 6.07) is 20.5. The number of ketones is 1. The number of rotatable bonds is 3. The molecule has 3 aromatic rings. The number of hydrogen-bond donors (Lipinski definition) is 2. The Kier molecular flexibility index (Phi) is 4.94. The van der Waals surface area contributed by atoms with Gasteiger partial charge in [0.25, 0.3) is 0 Å². The van der Waals surface area contributed by atoms with E-state index in [9.17, 15) is 4.79 Å². The molecule has 31 heavy (non-hydrogen) atoms. The molecule has 1 aromatic heterocycles. The summed E-state index contributed by atoms with van der Waals surface area (Å²) in [7, 11) is 4.07. The molecule has 156 valence electrons. The molecule has 1 aliphatic carbocycles. The Balaban J connectivity index is 1.55. The standard InChI is InChI=1S/C26H26N4O/c1-30(2)20-9-7-17(8-10-20)19-15-23-25(24(31)16-19)26(18-11-13-27-14-12-18)29-22-6-4-3-5-21(22)28-23/h3-14,19,26,28-29H,15-16H2,1-2H3/t19-,26+/m0/s1. The predicted octanol–water partition coefficient (Wildman–Crippen LogP) is 5.13. The average molecular weight is 411 g/mol. The fourth-order valence-electron chi connectivity index (χ4n) is 4.58. The molecule has 2 N–H and O–H groups in total. The number of fused-ring (bicyclic) bond motifs is 1. The van der Waals surface area contributed by atoms with Gasteiger partial charge in [0.2, 0.25) is 0 Å². The molecule has 5 heteroatoms. The first-order chi connectivity index (χ1) is 15.1. The summed E-state index contributed by atoms with van der Waals surface area (Å²) >= 11 is 0. The Labute approximate surface area is 182 Å². The van der Waals surface area contributed by atoms with Crippen LogP contribution >= 0.6 is 0 Å². The molecule has 2 aromatic carbocycles. The Morgan fingerprint density at radius 2 is 1.58 bits per heavy atom. The molecule has 0 fully saturated rings. The molecule has 2 aliphatic rings. The van der Waals surface area contributed by atoms with E-state index in [1.807, 2.05) is 38.4 Å². The zero-order valence-corrected chi connectivity index (χ0v) is 17.8. The number of benzene rings is 2. The van der Waals surface area contributed by atoms with Gasteiger partial charge in [-0.15, -0.1) is 0 Å². The van der Waals surface area contributed by atoms with E-state index in [0.717, 1.165) is 40.3 Å². The van der Waals surface area contributed by atoms with E-state index in [0.29, 0.717) is 6.42 Å². The number of nitrogens with zero attached hydrogens (tertiary/aromatic N) is 2. The Morgan fingerprint density at radius 3 is 2.29 bits per heavy atom. The number of Topliss-reactive ketones (excluding diaryl/α,β-unsaturated/α-hetero) is 1. The summed E-state index contributed by atoms with van der Waals surface area (Å²) in [5, 5.41) is 7.20. The van der Waals surface area contributed by atoms with Crippen molar-refractivity contribution >= 4 is 22.8 Å². The van der Waals surface area contributed by atoms with Gasteiger partial charge >= 0.3 is 0 Å². The largest absolute Gasteiger partial charge is 0.378 e. The molecule has 5 rings (SSSR count). The first kappa shape index (κ1) is 19.4. The molecule has 2 heterocycles. The molecule has 0 unspecified atom stereocenters. The Morgan fingerprint density at radius 1 is 0.871 bits per heavy atom. The van der Waals surface area contributed by atoms with E-state index < -0.39 is 0 Å². The smallest absolute Gasteiger partial charge is 0.163 e. The van der Waals surface area contributed by atoms with Gasteiger partial charge in [-0.3, -0.25) is 9.78 Å². The van der Waals surface area contributed by atoms with Crippen LogP contribution in [0.4, 0.5) is 17.1 Å². The van der Waals surface area contributed by atoms with Gasteiger partial charge in [0.15, 0.2) is 5.78 Å². The quantitative estimate of drug-likeness (QED) is 0.627. The van der Waals surface area contributed by atoms with Crippen LogP contribution in [0.1, 0.15) is 35.9 Å². The van der Waals surface area contributed by atoms with E-state index in [-0.39, 0.29) is 17.7 Å². The van der Waals surface area contributed by atoms with Crippen LogP contribution < -0.4 is 15.5 Å². The number of pyridine rings is 1. The summed E-state index contributed by atoms with van der Waals surface area (Å²) in [5.74, 6) is 0.357. The molecule has 5 nitrogen and oxygen atoms in total. The third-order valence-corrected chi connectivity index (χ3v) is 6.23. The minimum atomic E-state index is -0.196. The van der Waals surface area contributed by atoms with Crippen molar-refractivity contribution in [1.29, 1.82) is 0 Å². The summed E-state index contributed by atoms with van der Waals surface area (Å²) < 4.78 is 0. The van der Waals surface area contributed by atoms with Gasteiger partial charge < -0.3 is 15.5 Å². The molecule has 0 radical (unpaired) electrons. The van der Waals surface area contributed by atoms with Gasteiger partial charge in [0.05, 0.1) is 17.4 Å². The molecule has 0 saturated heterocycles. The summed E-state index contributed by atoms with van der Waals surface area (Å²) in [4.78, 5) is 19.8. The minimum absolute atomic E-state index is 0.165. The van der Waals surface area contributed by atoms with E-state index >= 15 is 0 Å². The van der Waals surface area contributed by atoms with E-state index in [1.165, 1.54) is 5.56 Å². The maximum Gasteiger partial charge on any atom is 0.163 e. The van der Waals surface area contributed by atoms with Crippen molar-refractivity contribution in [2.45, 2.75) is 24.8 Å². The number of aromatic nitrogens is 1. The first-order valence-electron chi connectivity index (χ1n) is 10.7. The van der Waals surface area contributed by atoms with Crippen molar-refractivity contribution in [2.75, 3.05) is 29.6 Å². The number of carbonyl (C=O) groups excluding carboxylic acids is 1. The monoisotopic (exact) mass is 410 g/mol. The van der Waals surface area contributed by atoms with Gasteiger partial charge in [-0.05, 0) is 59.9 Å². The maximum atomic E-state index is 13.5. The van der Waals surface area contributed by atoms with Crippen LogP contribution in [0.5, 0.6) is 0 Å². The number of para-hydroxylation sites is 2. The highest BCUT2D eigenvalue weighted by Crippen LogP contribution is 2.44. The fraction of sp³-hybridized carbons (Fsp3) is 0.231. The third kappa shape index (κ3) is 3.67. The lowest BCUT2D eigenvalue weighted by atomic mass is 9.78. The van der Waals surface area contributed by atoms with Crippen molar-refractivity contribution in [3.05, 3.63) is 95.5 Å². The number of hydrogen-bond acceptors (Lipinski definition) is 5. The SMILES string of the molecule is CN(C)c1ccc([C@@H]2CC(=O)C3=C(C2)Nc2ccccc2N[C@@H]3c2ccncc2)cc1. The van der Waals surface area contributed by atoms with E-state index in [4.69, 9.17) is 0 Å². The zero-order chi connectivity index (χ0) is 21.4.